The molecule has 1 saturated carbocycles. The Morgan fingerprint density at radius 2 is 1.84 bits per heavy atom. The third kappa shape index (κ3) is 4.09. The zero-order chi connectivity index (χ0) is 13.5. The van der Waals surface area contributed by atoms with E-state index in [1.165, 1.54) is 5.56 Å². The van der Waals surface area contributed by atoms with E-state index < -0.39 is 0 Å². The maximum absolute atomic E-state index is 10.8. The zero-order valence-electron chi connectivity index (χ0n) is 11.8. The average Bonchev–Trinajstić information content (AvgIpc) is 2.48. The van der Waals surface area contributed by atoms with E-state index >= 15 is 0 Å². The Labute approximate surface area is 116 Å². The molecule has 1 aromatic rings. The molecule has 0 N–H and O–H groups in total. The molecule has 1 fully saturated rings. The summed E-state index contributed by atoms with van der Waals surface area (Å²) in [5.74, 6) is 1.90. The first-order valence-electron chi connectivity index (χ1n) is 7.51. The topological polar surface area (TPSA) is 26.3 Å². The van der Waals surface area contributed by atoms with Gasteiger partial charge in [0.25, 0.3) is 0 Å². The second kappa shape index (κ2) is 7.32. The molecule has 2 rings (SSSR count). The minimum Gasteiger partial charge on any atom is -0.494 e. The first-order valence-corrected chi connectivity index (χ1v) is 7.51. The van der Waals surface area contributed by atoms with E-state index in [9.17, 15) is 4.79 Å². The van der Waals surface area contributed by atoms with Gasteiger partial charge >= 0.3 is 0 Å². The van der Waals surface area contributed by atoms with Gasteiger partial charge in [0.2, 0.25) is 0 Å². The fourth-order valence-electron chi connectivity index (χ4n) is 2.76. The van der Waals surface area contributed by atoms with Gasteiger partial charge in [0, 0.05) is 5.92 Å². The highest BCUT2D eigenvalue weighted by atomic mass is 16.5. The fourth-order valence-corrected chi connectivity index (χ4v) is 2.76. The highest BCUT2D eigenvalue weighted by Gasteiger charge is 2.21. The van der Waals surface area contributed by atoms with Crippen molar-refractivity contribution in [2.45, 2.75) is 51.4 Å². The van der Waals surface area contributed by atoms with Crippen LogP contribution in [0, 0.1) is 5.92 Å². The molecule has 1 aliphatic carbocycles. The highest BCUT2D eigenvalue weighted by Crippen LogP contribution is 2.35. The first-order chi connectivity index (χ1) is 9.33. The second-order valence-electron chi connectivity index (χ2n) is 5.52. The van der Waals surface area contributed by atoms with Gasteiger partial charge in [0.1, 0.15) is 12.0 Å². The zero-order valence-corrected chi connectivity index (χ0v) is 11.8. The number of hydrogen-bond acceptors (Lipinski definition) is 2. The molecule has 1 aromatic carbocycles. The molecule has 0 aromatic heterocycles. The van der Waals surface area contributed by atoms with Crippen molar-refractivity contribution < 1.29 is 9.53 Å². The largest absolute Gasteiger partial charge is 0.494 e. The lowest BCUT2D eigenvalue weighted by Gasteiger charge is -2.25. The number of carbonyl (C=O) groups is 1. The van der Waals surface area contributed by atoms with E-state index in [-0.39, 0.29) is 0 Å². The smallest absolute Gasteiger partial charge is 0.123 e. The number of aldehydes is 1. The molecule has 104 valence electrons. The number of ether oxygens (including phenoxy) is 1. The van der Waals surface area contributed by atoms with Crippen molar-refractivity contribution >= 4 is 6.29 Å². The van der Waals surface area contributed by atoms with E-state index in [4.69, 9.17) is 4.74 Å². The van der Waals surface area contributed by atoms with E-state index in [1.807, 2.05) is 0 Å². The first kappa shape index (κ1) is 14.1. The SMILES string of the molecule is CCCCOc1ccc(C2CCC(C=O)CC2)cc1. The molecule has 0 radical (unpaired) electrons. The van der Waals surface area contributed by atoms with Crippen molar-refractivity contribution in [1.82, 2.24) is 0 Å². The van der Waals surface area contributed by atoms with Crippen molar-refractivity contribution in [1.29, 1.82) is 0 Å². The summed E-state index contributed by atoms with van der Waals surface area (Å²) in [6.45, 7) is 2.97. The molecular formula is C17H24O2. The summed E-state index contributed by atoms with van der Waals surface area (Å²) >= 11 is 0. The predicted octanol–water partition coefficient (Wildman–Crippen LogP) is 4.34. The standard InChI is InChI=1S/C17H24O2/c1-2-3-12-19-17-10-8-16(9-11-17)15-6-4-14(13-18)5-7-15/h8-11,13-15H,2-7,12H2,1H3. The number of benzene rings is 1. The Morgan fingerprint density at radius 3 is 2.42 bits per heavy atom. The number of carbonyl (C=O) groups excluding carboxylic acids is 1. The molecular weight excluding hydrogens is 236 g/mol. The van der Waals surface area contributed by atoms with Gasteiger partial charge in [-0.25, -0.2) is 0 Å². The molecule has 1 aliphatic rings. The third-order valence-electron chi connectivity index (χ3n) is 4.08. The van der Waals surface area contributed by atoms with Gasteiger partial charge < -0.3 is 9.53 Å². The van der Waals surface area contributed by atoms with Crippen molar-refractivity contribution in [2.75, 3.05) is 6.61 Å². The Balaban J connectivity index is 1.86. The average molecular weight is 260 g/mol. The van der Waals surface area contributed by atoms with Crippen LogP contribution in [0.5, 0.6) is 5.75 Å². The number of rotatable bonds is 6. The minimum absolute atomic E-state index is 0.299. The molecule has 0 amide bonds. The molecule has 0 atom stereocenters. The fraction of sp³-hybridized carbons (Fsp3) is 0.588. The molecule has 0 spiro atoms. The molecule has 2 nitrogen and oxygen atoms in total. The molecule has 0 saturated heterocycles. The van der Waals surface area contributed by atoms with Crippen LogP contribution >= 0.6 is 0 Å². The predicted molar refractivity (Wildman–Crippen MR) is 77.6 cm³/mol. The van der Waals surface area contributed by atoms with Gasteiger partial charge in [-0.1, -0.05) is 25.5 Å². The van der Waals surface area contributed by atoms with Crippen LogP contribution in [0.3, 0.4) is 0 Å². The van der Waals surface area contributed by atoms with Crippen LogP contribution in [0.2, 0.25) is 0 Å². The van der Waals surface area contributed by atoms with Gasteiger partial charge in [-0.15, -0.1) is 0 Å². The lowest BCUT2D eigenvalue weighted by atomic mass is 9.79. The lowest BCUT2D eigenvalue weighted by molar-refractivity contribution is -0.111. The summed E-state index contributed by atoms with van der Waals surface area (Å²) in [6.07, 6.45) is 7.77. The minimum atomic E-state index is 0.299. The van der Waals surface area contributed by atoms with Crippen molar-refractivity contribution in [2.24, 2.45) is 5.92 Å². The van der Waals surface area contributed by atoms with Crippen LogP contribution in [0.25, 0.3) is 0 Å². The summed E-state index contributed by atoms with van der Waals surface area (Å²) in [7, 11) is 0. The maximum Gasteiger partial charge on any atom is 0.123 e. The Morgan fingerprint density at radius 1 is 1.16 bits per heavy atom. The molecule has 0 aliphatic heterocycles. The van der Waals surface area contributed by atoms with Crippen LogP contribution in [-0.2, 0) is 4.79 Å². The Bertz CT molecular complexity index is 375. The summed E-state index contributed by atoms with van der Waals surface area (Å²) < 4.78 is 5.68. The van der Waals surface area contributed by atoms with Crippen molar-refractivity contribution in [3.05, 3.63) is 29.8 Å². The van der Waals surface area contributed by atoms with Gasteiger partial charge in [-0.3, -0.25) is 0 Å². The summed E-state index contributed by atoms with van der Waals surface area (Å²) in [4.78, 5) is 10.8. The quantitative estimate of drug-likeness (QED) is 0.562. The van der Waals surface area contributed by atoms with Crippen LogP contribution < -0.4 is 4.74 Å². The maximum atomic E-state index is 10.8. The van der Waals surface area contributed by atoms with E-state index in [2.05, 4.69) is 31.2 Å². The Kier molecular flexibility index (Phi) is 5.44. The van der Waals surface area contributed by atoms with Crippen LogP contribution in [0.1, 0.15) is 56.9 Å². The molecule has 19 heavy (non-hydrogen) atoms. The number of unbranched alkanes of at least 4 members (excludes halogenated alkanes) is 1. The van der Waals surface area contributed by atoms with Crippen molar-refractivity contribution in [3.8, 4) is 5.75 Å². The van der Waals surface area contributed by atoms with Gasteiger partial charge in [-0.2, -0.15) is 0 Å². The Hall–Kier alpha value is -1.31. The van der Waals surface area contributed by atoms with Gasteiger partial charge in [-0.05, 0) is 55.7 Å². The lowest BCUT2D eigenvalue weighted by Crippen LogP contribution is -2.14. The molecule has 0 unspecified atom stereocenters. The summed E-state index contributed by atoms with van der Waals surface area (Å²) in [5, 5.41) is 0. The molecule has 0 bridgehead atoms. The van der Waals surface area contributed by atoms with Gasteiger partial charge in [0.15, 0.2) is 0 Å². The normalized spacial score (nSPS) is 23.0. The molecule has 2 heteroatoms. The van der Waals surface area contributed by atoms with Crippen LogP contribution in [0.4, 0.5) is 0 Å². The molecule has 0 heterocycles. The second-order valence-corrected chi connectivity index (χ2v) is 5.52. The van der Waals surface area contributed by atoms with E-state index in [0.29, 0.717) is 11.8 Å². The van der Waals surface area contributed by atoms with Crippen LogP contribution in [-0.4, -0.2) is 12.9 Å². The van der Waals surface area contributed by atoms with Crippen molar-refractivity contribution in [3.63, 3.8) is 0 Å². The monoisotopic (exact) mass is 260 g/mol. The van der Waals surface area contributed by atoms with E-state index in [1.54, 1.807) is 0 Å². The van der Waals surface area contributed by atoms with Crippen LogP contribution in [0.15, 0.2) is 24.3 Å². The van der Waals surface area contributed by atoms with E-state index in [0.717, 1.165) is 57.2 Å². The van der Waals surface area contributed by atoms with Gasteiger partial charge in [0.05, 0.1) is 6.61 Å². The third-order valence-corrected chi connectivity index (χ3v) is 4.08. The number of hydrogen-bond donors (Lipinski definition) is 0. The summed E-state index contributed by atoms with van der Waals surface area (Å²) in [5.41, 5.74) is 1.40. The highest BCUT2D eigenvalue weighted by molar-refractivity contribution is 5.53. The summed E-state index contributed by atoms with van der Waals surface area (Å²) in [6, 6.07) is 8.54.